The average molecular weight is 1040 g/mol. The predicted molar refractivity (Wildman–Crippen MR) is 319 cm³/mol. The Kier molecular flexibility index (Phi) is 11.7. The zero-order valence-corrected chi connectivity index (χ0v) is 46.9. The monoisotopic (exact) mass is 1040 g/mol. The molecule has 0 amide bonds. The number of nitrogens with zero attached hydrogens (tertiary/aromatic N) is 3. The summed E-state index contributed by atoms with van der Waals surface area (Å²) < 4.78 is 6.05. The molecule has 0 radical (unpaired) electrons. The molecule has 0 aliphatic heterocycles. The van der Waals surface area contributed by atoms with Gasteiger partial charge in [-0.2, -0.15) is 0 Å². The van der Waals surface area contributed by atoms with Crippen LogP contribution in [0.2, 0.25) is 0 Å². The summed E-state index contributed by atoms with van der Waals surface area (Å²) >= 11 is 7.27. The van der Waals surface area contributed by atoms with Gasteiger partial charge in [0.25, 0.3) is 0 Å². The molecular formula is C66H64BrN3S2. The van der Waals surface area contributed by atoms with E-state index in [9.17, 15) is 0 Å². The maximum absolute atomic E-state index is 3.66. The lowest BCUT2D eigenvalue weighted by molar-refractivity contribution is 0.590. The Morgan fingerprint density at radius 3 is 0.958 bits per heavy atom. The maximum atomic E-state index is 3.66. The third kappa shape index (κ3) is 8.73. The van der Waals surface area contributed by atoms with Gasteiger partial charge in [0, 0.05) is 64.6 Å². The first-order valence-electron chi connectivity index (χ1n) is 25.3. The molecule has 0 saturated carbocycles. The van der Waals surface area contributed by atoms with Crippen molar-refractivity contribution in [3.05, 3.63) is 196 Å². The lowest BCUT2D eigenvalue weighted by Gasteiger charge is -2.26. The second-order valence-corrected chi connectivity index (χ2v) is 27.3. The Morgan fingerprint density at radius 2 is 0.639 bits per heavy atom. The Morgan fingerprint density at radius 1 is 0.333 bits per heavy atom. The molecular weight excluding hydrogens is 979 g/mol. The molecule has 0 N–H and O–H groups in total. The van der Waals surface area contributed by atoms with E-state index >= 15 is 0 Å². The van der Waals surface area contributed by atoms with Crippen molar-refractivity contribution in [3.63, 3.8) is 0 Å². The van der Waals surface area contributed by atoms with E-state index in [1.807, 2.05) is 11.3 Å². The molecule has 0 atom stereocenters. The molecule has 11 aromatic rings. The molecule has 72 heavy (non-hydrogen) atoms. The second-order valence-electron chi connectivity index (χ2n) is 23.8. The number of aromatic nitrogens is 2. The van der Waals surface area contributed by atoms with Crippen molar-refractivity contribution in [2.75, 3.05) is 4.90 Å². The highest BCUT2D eigenvalue weighted by Gasteiger charge is 2.24. The van der Waals surface area contributed by atoms with E-state index in [1.165, 1.54) is 86.1 Å². The van der Waals surface area contributed by atoms with Gasteiger partial charge in [-0.1, -0.05) is 119 Å². The number of benzene rings is 7. The van der Waals surface area contributed by atoms with Gasteiger partial charge in [0.2, 0.25) is 0 Å². The van der Waals surface area contributed by atoms with Crippen LogP contribution in [0.3, 0.4) is 0 Å². The molecule has 0 aliphatic carbocycles. The summed E-state index contributed by atoms with van der Waals surface area (Å²) in [7, 11) is 0. The summed E-state index contributed by atoms with van der Waals surface area (Å²) in [6.45, 7) is 27.6. The van der Waals surface area contributed by atoms with E-state index < -0.39 is 0 Å². The fourth-order valence-electron chi connectivity index (χ4n) is 10.3. The van der Waals surface area contributed by atoms with E-state index in [-0.39, 0.29) is 21.7 Å². The van der Waals surface area contributed by atoms with Gasteiger partial charge < -0.3 is 14.0 Å². The summed E-state index contributed by atoms with van der Waals surface area (Å²) in [5, 5.41) is 5.18. The van der Waals surface area contributed by atoms with Crippen LogP contribution in [0.15, 0.2) is 174 Å². The Labute approximate surface area is 442 Å². The highest BCUT2D eigenvalue weighted by molar-refractivity contribution is 9.11. The largest absolute Gasteiger partial charge is 0.311 e. The number of anilines is 3. The second kappa shape index (κ2) is 17.5. The van der Waals surface area contributed by atoms with Crippen molar-refractivity contribution in [2.24, 2.45) is 0 Å². The van der Waals surface area contributed by atoms with Gasteiger partial charge in [0.1, 0.15) is 0 Å². The lowest BCUT2D eigenvalue weighted by atomic mass is 9.85. The number of hydrogen-bond donors (Lipinski definition) is 0. The van der Waals surface area contributed by atoms with Crippen LogP contribution in [0.1, 0.15) is 105 Å². The van der Waals surface area contributed by atoms with Crippen LogP contribution in [-0.4, -0.2) is 9.13 Å². The number of fused-ring (bicyclic) bond motifs is 6. The van der Waals surface area contributed by atoms with Crippen molar-refractivity contribution in [1.82, 2.24) is 9.13 Å². The Hall–Kier alpha value is -6.18. The maximum Gasteiger partial charge on any atom is 0.0705 e. The first-order chi connectivity index (χ1) is 34.1. The number of rotatable bonds is 7. The predicted octanol–water partition coefficient (Wildman–Crippen LogP) is 20.8. The molecule has 0 saturated heterocycles. The van der Waals surface area contributed by atoms with Crippen molar-refractivity contribution >= 4 is 99.3 Å². The van der Waals surface area contributed by atoms with Gasteiger partial charge >= 0.3 is 0 Å². The van der Waals surface area contributed by atoms with E-state index in [4.69, 9.17) is 0 Å². The first-order valence-corrected chi connectivity index (χ1v) is 27.7. The topological polar surface area (TPSA) is 13.1 Å². The van der Waals surface area contributed by atoms with Crippen LogP contribution in [0.4, 0.5) is 17.1 Å². The molecule has 0 bridgehead atoms. The van der Waals surface area contributed by atoms with Gasteiger partial charge in [0.05, 0.1) is 25.9 Å². The van der Waals surface area contributed by atoms with Crippen molar-refractivity contribution in [3.8, 4) is 31.6 Å². The quantitative estimate of drug-likeness (QED) is 0.155. The molecule has 6 heteroatoms. The van der Waals surface area contributed by atoms with Crippen LogP contribution in [0.5, 0.6) is 0 Å². The van der Waals surface area contributed by atoms with E-state index in [0.717, 1.165) is 32.2 Å². The van der Waals surface area contributed by atoms with Gasteiger partial charge in [-0.25, -0.2) is 0 Å². The smallest absolute Gasteiger partial charge is 0.0705 e. The van der Waals surface area contributed by atoms with Gasteiger partial charge in [-0.05, 0) is 199 Å². The fraction of sp³-hybridized carbons (Fsp3) is 0.242. The zero-order valence-electron chi connectivity index (χ0n) is 43.7. The van der Waals surface area contributed by atoms with E-state index in [1.54, 1.807) is 11.3 Å². The van der Waals surface area contributed by atoms with Gasteiger partial charge in [0.15, 0.2) is 0 Å². The third-order valence-corrected chi connectivity index (χ3v) is 17.5. The summed E-state index contributed by atoms with van der Waals surface area (Å²) in [5.74, 6) is 0. The lowest BCUT2D eigenvalue weighted by Crippen LogP contribution is -2.11. The minimum Gasteiger partial charge on any atom is -0.311 e. The van der Waals surface area contributed by atoms with Crippen LogP contribution in [0, 0.1) is 0 Å². The Balaban J connectivity index is 1.03. The zero-order chi connectivity index (χ0) is 50.6. The van der Waals surface area contributed by atoms with Crippen molar-refractivity contribution in [1.29, 1.82) is 0 Å². The highest BCUT2D eigenvalue weighted by Crippen LogP contribution is 2.44. The van der Waals surface area contributed by atoms with Crippen LogP contribution < -0.4 is 4.90 Å². The molecule has 4 aromatic heterocycles. The van der Waals surface area contributed by atoms with E-state index in [0.29, 0.717) is 0 Å². The molecule has 0 unspecified atom stereocenters. The van der Waals surface area contributed by atoms with Crippen molar-refractivity contribution < 1.29 is 0 Å². The molecule has 0 aliphatic rings. The standard InChI is InChI=1S/C66H64BrN3S2/c1-63(2,3)42-15-29-55-51(37-42)52-38-43(64(4,5)6)16-30-56(52)69(55)49-25-21-47(22-26-49)68(46-19-13-41(14-20-46)59-33-34-60(71-59)61-35-36-62(67)72-61)48-23-27-50(28-24-48)70-57-31-17-44(65(7,8)9)39-53(57)54-40-45(66(10,11)12)18-32-58(54)70/h13-40H,1-12H3. The number of thiophene rings is 2. The SMILES string of the molecule is CC(C)(C)c1ccc2c(c1)c1cc(C(C)(C)C)ccc1n2-c1ccc(N(c2ccc(-c3ccc(-c4ccc(Br)s4)s3)cc2)c2ccc(-n3c4ccc(C(C)(C)C)cc4c4cc(C(C)(C)C)ccc43)cc2)cc1. The molecule has 0 fully saturated rings. The van der Waals surface area contributed by atoms with Crippen molar-refractivity contribution in [2.45, 2.75) is 105 Å². The average Bonchev–Trinajstić information content (AvgIpc) is 4.14. The number of halogens is 1. The van der Waals surface area contributed by atoms with Crippen LogP contribution >= 0.6 is 38.6 Å². The summed E-state index contributed by atoms with van der Waals surface area (Å²) in [4.78, 5) is 6.22. The van der Waals surface area contributed by atoms with E-state index in [2.05, 4.69) is 283 Å². The minimum absolute atomic E-state index is 0.0377. The van der Waals surface area contributed by atoms with Crippen LogP contribution in [-0.2, 0) is 21.7 Å². The molecule has 362 valence electrons. The van der Waals surface area contributed by atoms with Gasteiger partial charge in [-0.3, -0.25) is 0 Å². The summed E-state index contributed by atoms with van der Waals surface area (Å²) in [6, 6.07) is 64.5. The number of hydrogen-bond acceptors (Lipinski definition) is 3. The summed E-state index contributed by atoms with van der Waals surface area (Å²) in [6.07, 6.45) is 0. The highest BCUT2D eigenvalue weighted by atomic mass is 79.9. The minimum atomic E-state index is 0.0377. The molecule has 0 spiro atoms. The fourth-order valence-corrected chi connectivity index (χ4v) is 12.8. The first kappa shape index (κ1) is 48.1. The third-order valence-electron chi connectivity index (χ3n) is 14.6. The Bertz CT molecular complexity index is 3490. The molecule has 7 aromatic carbocycles. The molecule has 4 heterocycles. The molecule has 3 nitrogen and oxygen atoms in total. The molecule has 11 rings (SSSR count). The normalized spacial score (nSPS) is 12.8. The van der Waals surface area contributed by atoms with Gasteiger partial charge in [-0.15, -0.1) is 22.7 Å². The van der Waals surface area contributed by atoms with Crippen LogP contribution in [0.25, 0.3) is 75.2 Å². The summed E-state index contributed by atoms with van der Waals surface area (Å²) in [5.41, 5.74) is 17.2.